The Labute approximate surface area is 189 Å². The molecule has 7 heteroatoms. The fraction of sp³-hybridized carbons (Fsp3) is 0.0800. The predicted molar refractivity (Wildman–Crippen MR) is 123 cm³/mol. The van der Waals surface area contributed by atoms with Crippen LogP contribution in [0.1, 0.15) is 24.1 Å². The number of Topliss-reactive ketones (excluding diaryl/α,β-unsaturated/α-hetero) is 1. The van der Waals surface area contributed by atoms with Crippen molar-refractivity contribution in [3.63, 3.8) is 0 Å². The highest BCUT2D eigenvalue weighted by Crippen LogP contribution is 2.42. The summed E-state index contributed by atoms with van der Waals surface area (Å²) in [4.78, 5) is 38.8. The molecule has 0 saturated carbocycles. The lowest BCUT2D eigenvalue weighted by atomic mass is 9.95. The van der Waals surface area contributed by atoms with Gasteiger partial charge in [0.1, 0.15) is 5.76 Å². The number of nitrogens with one attached hydrogen (secondary N) is 1. The first-order valence-corrected chi connectivity index (χ1v) is 10.2. The van der Waals surface area contributed by atoms with Gasteiger partial charge in [0.15, 0.2) is 0 Å². The number of amides is 2. The molecule has 1 aliphatic heterocycles. The predicted octanol–water partition coefficient (Wildman–Crippen LogP) is 4.92. The first-order chi connectivity index (χ1) is 15.4. The number of carbonyl (C=O) groups is 3. The molecule has 0 aliphatic carbocycles. The van der Waals surface area contributed by atoms with Gasteiger partial charge in [-0.1, -0.05) is 54.1 Å². The zero-order chi connectivity index (χ0) is 22.8. The molecule has 0 aromatic heterocycles. The number of ketones is 1. The molecular weight excluding hydrogens is 428 g/mol. The quantitative estimate of drug-likeness (QED) is 0.338. The third-order valence-corrected chi connectivity index (χ3v) is 5.40. The zero-order valence-electron chi connectivity index (χ0n) is 17.1. The Morgan fingerprint density at radius 1 is 0.938 bits per heavy atom. The first kappa shape index (κ1) is 21.3. The molecule has 1 atom stereocenters. The summed E-state index contributed by atoms with van der Waals surface area (Å²) in [6, 6.07) is 21.1. The van der Waals surface area contributed by atoms with E-state index in [4.69, 9.17) is 11.6 Å². The van der Waals surface area contributed by atoms with Gasteiger partial charge in [-0.2, -0.15) is 0 Å². The number of nitrogens with zero attached hydrogens (tertiary/aromatic N) is 1. The number of halogens is 1. The molecule has 6 nitrogen and oxygen atoms in total. The lowest BCUT2D eigenvalue weighted by molar-refractivity contribution is -0.132. The van der Waals surface area contributed by atoms with Crippen molar-refractivity contribution in [1.29, 1.82) is 0 Å². The highest BCUT2D eigenvalue weighted by atomic mass is 35.5. The van der Waals surface area contributed by atoms with Gasteiger partial charge in [0.25, 0.3) is 11.7 Å². The lowest BCUT2D eigenvalue weighted by Crippen LogP contribution is -2.29. The van der Waals surface area contributed by atoms with E-state index in [2.05, 4.69) is 5.32 Å². The number of rotatable bonds is 4. The topological polar surface area (TPSA) is 86.7 Å². The zero-order valence-corrected chi connectivity index (χ0v) is 17.8. The van der Waals surface area contributed by atoms with E-state index in [0.29, 0.717) is 27.5 Å². The van der Waals surface area contributed by atoms with E-state index in [-0.39, 0.29) is 17.2 Å². The minimum absolute atomic E-state index is 0.00513. The second-order valence-corrected chi connectivity index (χ2v) is 7.75. The van der Waals surface area contributed by atoms with Crippen LogP contribution in [0.2, 0.25) is 5.02 Å². The fourth-order valence-electron chi connectivity index (χ4n) is 3.72. The molecule has 1 saturated heterocycles. The summed E-state index contributed by atoms with van der Waals surface area (Å²) >= 11 is 6.04. The molecule has 3 aromatic rings. The van der Waals surface area contributed by atoms with Gasteiger partial charge < -0.3 is 10.4 Å². The molecule has 1 heterocycles. The van der Waals surface area contributed by atoms with E-state index in [9.17, 15) is 19.5 Å². The highest BCUT2D eigenvalue weighted by molar-refractivity contribution is 6.51. The molecule has 1 aliphatic rings. The van der Waals surface area contributed by atoms with Crippen LogP contribution in [0.3, 0.4) is 0 Å². The summed E-state index contributed by atoms with van der Waals surface area (Å²) in [7, 11) is 0. The normalized spacial score (nSPS) is 17.4. The van der Waals surface area contributed by atoms with Crippen LogP contribution in [0, 0.1) is 0 Å². The third kappa shape index (κ3) is 4.00. The van der Waals surface area contributed by atoms with E-state index in [1.807, 2.05) is 0 Å². The van der Waals surface area contributed by atoms with Crippen molar-refractivity contribution in [1.82, 2.24) is 0 Å². The van der Waals surface area contributed by atoms with Crippen molar-refractivity contribution in [2.75, 3.05) is 10.2 Å². The van der Waals surface area contributed by atoms with Crippen LogP contribution in [-0.2, 0) is 14.4 Å². The molecule has 1 fully saturated rings. The van der Waals surface area contributed by atoms with Crippen molar-refractivity contribution >= 4 is 46.3 Å². The Bertz CT molecular complexity index is 1220. The standard InChI is InChI=1S/C25H19ClN2O4/c1-15(29)27-19-11-13-20(14-12-19)28-22(16-7-9-18(26)10-8-16)21(24(31)25(28)32)23(30)17-5-3-2-4-6-17/h2-14,22,30H,1H3,(H,27,29). The smallest absolute Gasteiger partial charge is 0.300 e. The van der Waals surface area contributed by atoms with Crippen LogP contribution in [-0.4, -0.2) is 22.7 Å². The van der Waals surface area contributed by atoms with Crippen molar-refractivity contribution in [2.45, 2.75) is 13.0 Å². The number of benzene rings is 3. The summed E-state index contributed by atoms with van der Waals surface area (Å²) in [6.07, 6.45) is 0. The van der Waals surface area contributed by atoms with Crippen LogP contribution >= 0.6 is 11.6 Å². The fourth-order valence-corrected chi connectivity index (χ4v) is 3.85. The number of hydrogen-bond donors (Lipinski definition) is 2. The minimum atomic E-state index is -0.848. The van der Waals surface area contributed by atoms with Gasteiger partial charge in [0, 0.05) is 28.9 Å². The van der Waals surface area contributed by atoms with Crippen LogP contribution in [0.4, 0.5) is 11.4 Å². The third-order valence-electron chi connectivity index (χ3n) is 5.14. The average molecular weight is 447 g/mol. The number of anilines is 2. The van der Waals surface area contributed by atoms with E-state index in [1.165, 1.54) is 11.8 Å². The van der Waals surface area contributed by atoms with Crippen LogP contribution in [0.15, 0.2) is 84.4 Å². The van der Waals surface area contributed by atoms with Gasteiger partial charge in [-0.15, -0.1) is 0 Å². The summed E-state index contributed by atoms with van der Waals surface area (Å²) < 4.78 is 0. The number of aliphatic hydroxyl groups is 1. The highest BCUT2D eigenvalue weighted by Gasteiger charge is 2.46. The van der Waals surface area contributed by atoms with Crippen LogP contribution in [0.25, 0.3) is 5.76 Å². The summed E-state index contributed by atoms with van der Waals surface area (Å²) in [6.45, 7) is 1.40. The van der Waals surface area contributed by atoms with Gasteiger partial charge in [0.05, 0.1) is 11.6 Å². The number of aliphatic hydroxyl groups excluding tert-OH is 1. The van der Waals surface area contributed by atoms with Gasteiger partial charge in [0.2, 0.25) is 5.91 Å². The average Bonchev–Trinajstić information content (AvgIpc) is 3.05. The molecule has 2 N–H and O–H groups in total. The largest absolute Gasteiger partial charge is 0.507 e. The SMILES string of the molecule is CC(=O)Nc1ccc(N2C(=O)C(=O)C(=C(O)c3ccccc3)C2c2ccc(Cl)cc2)cc1. The molecule has 0 bridgehead atoms. The summed E-state index contributed by atoms with van der Waals surface area (Å²) in [5.41, 5.74) is 2.07. The summed E-state index contributed by atoms with van der Waals surface area (Å²) in [5, 5.41) is 14.2. The molecule has 32 heavy (non-hydrogen) atoms. The number of hydrogen-bond acceptors (Lipinski definition) is 4. The van der Waals surface area contributed by atoms with E-state index in [0.717, 1.165) is 0 Å². The Hall–Kier alpha value is -3.90. The van der Waals surface area contributed by atoms with E-state index < -0.39 is 17.7 Å². The molecule has 4 rings (SSSR count). The molecule has 1 unspecified atom stereocenters. The maximum atomic E-state index is 13.1. The molecular formula is C25H19ClN2O4. The molecule has 3 aromatic carbocycles. The molecule has 160 valence electrons. The van der Waals surface area contributed by atoms with E-state index in [1.54, 1.807) is 78.9 Å². The lowest BCUT2D eigenvalue weighted by Gasteiger charge is -2.25. The Morgan fingerprint density at radius 2 is 1.56 bits per heavy atom. The van der Waals surface area contributed by atoms with Crippen molar-refractivity contribution < 1.29 is 19.5 Å². The van der Waals surface area contributed by atoms with Gasteiger partial charge in [-0.3, -0.25) is 19.3 Å². The van der Waals surface area contributed by atoms with Crippen molar-refractivity contribution in [3.05, 3.63) is 101 Å². The molecule has 0 spiro atoms. The van der Waals surface area contributed by atoms with E-state index >= 15 is 0 Å². The molecule has 2 amide bonds. The van der Waals surface area contributed by atoms with Gasteiger partial charge >= 0.3 is 0 Å². The van der Waals surface area contributed by atoms with Crippen LogP contribution < -0.4 is 10.2 Å². The Morgan fingerprint density at radius 3 is 2.16 bits per heavy atom. The van der Waals surface area contributed by atoms with Gasteiger partial charge in [-0.25, -0.2) is 0 Å². The summed E-state index contributed by atoms with van der Waals surface area (Å²) in [5.74, 6) is -2.00. The second-order valence-electron chi connectivity index (χ2n) is 7.31. The monoisotopic (exact) mass is 446 g/mol. The molecule has 0 radical (unpaired) electrons. The second kappa shape index (κ2) is 8.69. The minimum Gasteiger partial charge on any atom is -0.507 e. The van der Waals surface area contributed by atoms with Crippen molar-refractivity contribution in [3.8, 4) is 0 Å². The maximum absolute atomic E-state index is 13.1. The first-order valence-electron chi connectivity index (χ1n) is 9.86. The van der Waals surface area contributed by atoms with Crippen molar-refractivity contribution in [2.24, 2.45) is 0 Å². The Kier molecular flexibility index (Phi) is 5.79. The Balaban J connectivity index is 1.87. The number of carbonyl (C=O) groups excluding carboxylic acids is 3. The maximum Gasteiger partial charge on any atom is 0.300 e. The van der Waals surface area contributed by atoms with Crippen LogP contribution in [0.5, 0.6) is 0 Å². The van der Waals surface area contributed by atoms with Gasteiger partial charge in [-0.05, 0) is 42.0 Å².